The fourth-order valence-corrected chi connectivity index (χ4v) is 1.48. The van der Waals surface area contributed by atoms with E-state index in [0.29, 0.717) is 0 Å². The van der Waals surface area contributed by atoms with Crippen LogP contribution in [-0.4, -0.2) is 68.2 Å². The Bertz CT molecular complexity index is 549. The van der Waals surface area contributed by atoms with Gasteiger partial charge in [-0.3, -0.25) is 28.8 Å². The number of nitrogens with one attached hydrogen (secondary N) is 5. The number of likely N-dealkylation sites (N-methyl/N-ethyl adjacent to an activating group) is 1. The third kappa shape index (κ3) is 11.1. The highest BCUT2D eigenvalue weighted by Crippen LogP contribution is 1.92. The van der Waals surface area contributed by atoms with Crippen LogP contribution in [0, 0.1) is 0 Å². The maximum Gasteiger partial charge on any atom is 0.243 e. The lowest BCUT2D eigenvalue weighted by molar-refractivity contribution is -0.132. The minimum atomic E-state index is -1.30. The second kappa shape index (κ2) is 11.4. The van der Waals surface area contributed by atoms with E-state index in [1.165, 1.54) is 14.0 Å². The lowest BCUT2D eigenvalue weighted by Crippen LogP contribution is -2.52. The van der Waals surface area contributed by atoms with Crippen molar-refractivity contribution in [2.45, 2.75) is 19.4 Å². The van der Waals surface area contributed by atoms with Gasteiger partial charge in [-0.05, 0) is 0 Å². The lowest BCUT2D eigenvalue weighted by Gasteiger charge is -2.17. The number of hydrogen-bond donors (Lipinski definition) is 6. The molecule has 0 aromatic carbocycles. The van der Waals surface area contributed by atoms with Gasteiger partial charge in [-0.2, -0.15) is 0 Å². The third-order valence-electron chi connectivity index (χ3n) is 2.70. The summed E-state index contributed by atoms with van der Waals surface area (Å²) in [6, 6.07) is -1.30. The van der Waals surface area contributed by atoms with Crippen LogP contribution in [0.2, 0.25) is 0 Å². The molecule has 7 N–H and O–H groups in total. The van der Waals surface area contributed by atoms with Crippen molar-refractivity contribution in [1.82, 2.24) is 26.6 Å². The maximum absolute atomic E-state index is 12.0. The SMILES string of the molecule is CNC(=O)CNC(=O)CNC(=O)[C@H](CC(N)=O)NC(=O)CNC(C)=O. The number of carbonyl (C=O) groups is 6. The van der Waals surface area contributed by atoms with Crippen molar-refractivity contribution in [2.75, 3.05) is 26.7 Å². The highest BCUT2D eigenvalue weighted by molar-refractivity contribution is 5.94. The molecule has 0 aromatic heterocycles. The van der Waals surface area contributed by atoms with Gasteiger partial charge in [0.1, 0.15) is 6.04 Å². The molecule has 0 spiro atoms. The van der Waals surface area contributed by atoms with E-state index in [0.717, 1.165) is 0 Å². The van der Waals surface area contributed by atoms with Gasteiger partial charge in [0, 0.05) is 14.0 Å². The zero-order valence-electron chi connectivity index (χ0n) is 13.9. The monoisotopic (exact) mass is 358 g/mol. The molecule has 0 aliphatic heterocycles. The molecule has 0 aromatic rings. The number of nitrogens with two attached hydrogens (primary N) is 1. The quantitative estimate of drug-likeness (QED) is 0.228. The van der Waals surface area contributed by atoms with Crippen LogP contribution >= 0.6 is 0 Å². The van der Waals surface area contributed by atoms with Gasteiger partial charge in [-0.25, -0.2) is 0 Å². The largest absolute Gasteiger partial charge is 0.370 e. The van der Waals surface area contributed by atoms with E-state index in [-0.39, 0.29) is 13.1 Å². The van der Waals surface area contributed by atoms with Gasteiger partial charge in [-0.1, -0.05) is 0 Å². The number of carbonyl (C=O) groups excluding carboxylic acids is 6. The molecular weight excluding hydrogens is 336 g/mol. The van der Waals surface area contributed by atoms with Gasteiger partial charge in [0.25, 0.3) is 0 Å². The first-order valence-corrected chi connectivity index (χ1v) is 7.22. The minimum absolute atomic E-state index is 0.261. The van der Waals surface area contributed by atoms with Gasteiger partial charge < -0.3 is 32.3 Å². The smallest absolute Gasteiger partial charge is 0.243 e. The van der Waals surface area contributed by atoms with E-state index in [1.807, 2.05) is 0 Å². The van der Waals surface area contributed by atoms with Crippen LogP contribution in [0.25, 0.3) is 0 Å². The third-order valence-corrected chi connectivity index (χ3v) is 2.70. The second-order valence-corrected chi connectivity index (χ2v) is 4.87. The second-order valence-electron chi connectivity index (χ2n) is 4.87. The van der Waals surface area contributed by atoms with Gasteiger partial charge in [0.2, 0.25) is 35.4 Å². The minimum Gasteiger partial charge on any atom is -0.370 e. The Morgan fingerprint density at radius 1 is 0.840 bits per heavy atom. The number of hydrogen-bond acceptors (Lipinski definition) is 6. The van der Waals surface area contributed by atoms with Crippen molar-refractivity contribution in [2.24, 2.45) is 5.73 Å². The van der Waals surface area contributed by atoms with Gasteiger partial charge in [0.15, 0.2) is 0 Å². The Morgan fingerprint density at radius 3 is 1.92 bits per heavy atom. The summed E-state index contributed by atoms with van der Waals surface area (Å²) in [6.45, 7) is 0.0960. The highest BCUT2D eigenvalue weighted by atomic mass is 16.2. The first kappa shape index (κ1) is 21.8. The molecule has 1 atom stereocenters. The Balaban J connectivity index is 4.50. The van der Waals surface area contributed by atoms with Crippen molar-refractivity contribution in [3.63, 3.8) is 0 Å². The fraction of sp³-hybridized carbons (Fsp3) is 0.538. The maximum atomic E-state index is 12.0. The van der Waals surface area contributed by atoms with E-state index in [1.54, 1.807) is 0 Å². The van der Waals surface area contributed by atoms with Crippen LogP contribution in [0.4, 0.5) is 0 Å². The molecule has 0 aliphatic rings. The van der Waals surface area contributed by atoms with Crippen molar-refractivity contribution in [3.05, 3.63) is 0 Å². The molecule has 0 fully saturated rings. The Kier molecular flexibility index (Phi) is 9.92. The molecule has 0 saturated heterocycles. The van der Waals surface area contributed by atoms with Crippen molar-refractivity contribution < 1.29 is 28.8 Å². The molecule has 0 heterocycles. The molecule has 0 aliphatic carbocycles. The fourth-order valence-electron chi connectivity index (χ4n) is 1.48. The summed E-state index contributed by atoms with van der Waals surface area (Å²) in [4.78, 5) is 67.8. The van der Waals surface area contributed by atoms with E-state index in [4.69, 9.17) is 5.73 Å². The van der Waals surface area contributed by atoms with E-state index in [9.17, 15) is 28.8 Å². The first-order chi connectivity index (χ1) is 11.6. The van der Waals surface area contributed by atoms with Crippen molar-refractivity contribution in [1.29, 1.82) is 0 Å². The van der Waals surface area contributed by atoms with Crippen LogP contribution < -0.4 is 32.3 Å². The molecule has 12 nitrogen and oxygen atoms in total. The lowest BCUT2D eigenvalue weighted by atomic mass is 10.2. The van der Waals surface area contributed by atoms with Crippen molar-refractivity contribution >= 4 is 35.4 Å². The van der Waals surface area contributed by atoms with Crippen LogP contribution in [-0.2, 0) is 28.8 Å². The Hall–Kier alpha value is -3.18. The summed E-state index contributed by atoms with van der Waals surface area (Å²) in [5.74, 6) is -3.87. The van der Waals surface area contributed by atoms with Crippen molar-refractivity contribution in [3.8, 4) is 0 Å². The normalized spacial score (nSPS) is 10.8. The van der Waals surface area contributed by atoms with E-state index < -0.39 is 54.5 Å². The Morgan fingerprint density at radius 2 is 1.40 bits per heavy atom. The van der Waals surface area contributed by atoms with Crippen LogP contribution in [0.1, 0.15) is 13.3 Å². The summed E-state index contributed by atoms with van der Waals surface area (Å²) in [6.07, 6.45) is -0.489. The molecule has 0 unspecified atom stereocenters. The molecule has 6 amide bonds. The van der Waals surface area contributed by atoms with E-state index in [2.05, 4.69) is 26.6 Å². The summed E-state index contributed by atoms with van der Waals surface area (Å²) in [7, 11) is 1.40. The molecule has 0 rings (SSSR count). The van der Waals surface area contributed by atoms with E-state index >= 15 is 0 Å². The Labute approximate surface area is 143 Å². The standard InChI is InChI=1S/C13H22N6O6/c1-7(20)16-6-12(24)19-8(3-9(14)21)13(25)18-5-11(23)17-4-10(22)15-2/h8H,3-6H2,1-2H3,(H2,14,21)(H,15,22)(H,16,20)(H,17,23)(H,18,25)(H,19,24)/t8-/m0/s1. The molecule has 12 heteroatoms. The van der Waals surface area contributed by atoms with Gasteiger partial charge >= 0.3 is 0 Å². The highest BCUT2D eigenvalue weighted by Gasteiger charge is 2.23. The molecule has 140 valence electrons. The van der Waals surface area contributed by atoms with Crippen LogP contribution in [0.15, 0.2) is 0 Å². The van der Waals surface area contributed by atoms with Gasteiger partial charge in [-0.15, -0.1) is 0 Å². The molecule has 0 radical (unpaired) electrons. The number of primary amides is 1. The topological polar surface area (TPSA) is 189 Å². The van der Waals surface area contributed by atoms with Crippen LogP contribution in [0.5, 0.6) is 0 Å². The molecule has 0 bridgehead atoms. The number of rotatable bonds is 10. The average Bonchev–Trinajstić information content (AvgIpc) is 2.54. The summed E-state index contributed by atoms with van der Waals surface area (Å²) in [5.41, 5.74) is 5.02. The summed E-state index contributed by atoms with van der Waals surface area (Å²) >= 11 is 0. The summed E-state index contributed by atoms with van der Waals surface area (Å²) < 4.78 is 0. The van der Waals surface area contributed by atoms with Gasteiger partial charge in [0.05, 0.1) is 26.1 Å². The number of amides is 6. The zero-order chi connectivity index (χ0) is 19.4. The predicted octanol–water partition coefficient (Wildman–Crippen LogP) is -4.54. The first-order valence-electron chi connectivity index (χ1n) is 7.22. The zero-order valence-corrected chi connectivity index (χ0v) is 13.9. The molecule has 25 heavy (non-hydrogen) atoms. The predicted molar refractivity (Wildman–Crippen MR) is 84.5 cm³/mol. The molecular formula is C13H22N6O6. The van der Waals surface area contributed by atoms with Crippen LogP contribution in [0.3, 0.4) is 0 Å². The average molecular weight is 358 g/mol. The molecule has 0 saturated carbocycles. The summed E-state index contributed by atoms with van der Waals surface area (Å²) in [5, 5.41) is 11.2.